The Morgan fingerprint density at radius 3 is 2.61 bits per heavy atom. The van der Waals surface area contributed by atoms with E-state index in [4.69, 9.17) is 0 Å². The van der Waals surface area contributed by atoms with E-state index in [0.717, 1.165) is 0 Å². The van der Waals surface area contributed by atoms with Crippen LogP contribution in [0.3, 0.4) is 0 Å². The topological polar surface area (TPSA) is 41.5 Å². The molecule has 0 radical (unpaired) electrons. The van der Waals surface area contributed by atoms with Crippen LogP contribution in [-0.4, -0.2) is 23.9 Å². The molecule has 2 N–H and O–H groups in total. The van der Waals surface area contributed by atoms with E-state index in [1.54, 1.807) is 18.2 Å². The number of nitrogens with one attached hydrogen (secondary N) is 1. The van der Waals surface area contributed by atoms with Crippen LogP contribution in [0.2, 0.25) is 0 Å². The zero-order valence-corrected chi connectivity index (χ0v) is 10.4. The van der Waals surface area contributed by atoms with Gasteiger partial charge >= 0.3 is 6.61 Å². The van der Waals surface area contributed by atoms with Crippen molar-refractivity contribution in [3.8, 4) is 5.75 Å². The van der Waals surface area contributed by atoms with Gasteiger partial charge in [0.1, 0.15) is 5.75 Å². The van der Waals surface area contributed by atoms with Crippen LogP contribution in [0.15, 0.2) is 24.3 Å². The molecular weight excluding hydrogens is 240 g/mol. The van der Waals surface area contributed by atoms with Crippen LogP contribution in [0.5, 0.6) is 5.75 Å². The van der Waals surface area contributed by atoms with Gasteiger partial charge in [-0.2, -0.15) is 8.78 Å². The van der Waals surface area contributed by atoms with E-state index in [9.17, 15) is 13.9 Å². The fraction of sp³-hybridized carbons (Fsp3) is 0.538. The average molecular weight is 257 g/mol. The van der Waals surface area contributed by atoms with Crippen molar-refractivity contribution in [2.75, 3.05) is 5.32 Å². The number of ether oxygens (including phenoxy) is 1. The molecule has 0 bridgehead atoms. The summed E-state index contributed by atoms with van der Waals surface area (Å²) < 4.78 is 29.0. The van der Waals surface area contributed by atoms with Gasteiger partial charge < -0.3 is 15.2 Å². The first-order valence-electron chi connectivity index (χ1n) is 5.89. The van der Waals surface area contributed by atoms with Gasteiger partial charge in [0.2, 0.25) is 0 Å². The summed E-state index contributed by atoms with van der Waals surface area (Å²) in [7, 11) is 0. The smallest absolute Gasteiger partial charge is 0.387 e. The molecule has 5 heteroatoms. The van der Waals surface area contributed by atoms with Crippen LogP contribution in [0.25, 0.3) is 0 Å². The Kier molecular flexibility index (Phi) is 3.43. The Labute approximate surface area is 105 Å². The van der Waals surface area contributed by atoms with Gasteiger partial charge in [-0.1, -0.05) is 26.0 Å². The molecule has 1 aliphatic carbocycles. The van der Waals surface area contributed by atoms with Gasteiger partial charge in [-0.3, -0.25) is 0 Å². The second kappa shape index (κ2) is 4.72. The summed E-state index contributed by atoms with van der Waals surface area (Å²) in [6, 6.07) is 6.64. The first kappa shape index (κ1) is 13.1. The predicted molar refractivity (Wildman–Crippen MR) is 64.9 cm³/mol. The van der Waals surface area contributed by atoms with Gasteiger partial charge in [0.15, 0.2) is 0 Å². The van der Waals surface area contributed by atoms with Gasteiger partial charge in [0.05, 0.1) is 11.8 Å². The van der Waals surface area contributed by atoms with Gasteiger partial charge in [0.25, 0.3) is 0 Å². The summed E-state index contributed by atoms with van der Waals surface area (Å²) in [6.45, 7) is 1.04. The van der Waals surface area contributed by atoms with E-state index in [1.807, 2.05) is 13.8 Å². The molecular formula is C13H17F2NO2. The molecule has 2 unspecified atom stereocenters. The number of aliphatic hydroxyl groups excluding tert-OH is 1. The lowest BCUT2D eigenvalue weighted by Crippen LogP contribution is -2.56. The van der Waals surface area contributed by atoms with Crippen molar-refractivity contribution >= 4 is 5.69 Å². The lowest BCUT2D eigenvalue weighted by molar-refractivity contribution is -0.0542. The number of halogens is 2. The van der Waals surface area contributed by atoms with E-state index in [-0.39, 0.29) is 23.3 Å². The number of hydrogen-bond acceptors (Lipinski definition) is 3. The zero-order chi connectivity index (χ0) is 13.3. The molecule has 2 atom stereocenters. The first-order chi connectivity index (χ1) is 8.41. The quantitative estimate of drug-likeness (QED) is 0.871. The Balaban J connectivity index is 2.10. The van der Waals surface area contributed by atoms with E-state index >= 15 is 0 Å². The third-order valence-corrected chi connectivity index (χ3v) is 3.65. The minimum absolute atomic E-state index is 0.0509. The molecule has 2 rings (SSSR count). The molecule has 0 spiro atoms. The molecule has 0 aliphatic heterocycles. The van der Waals surface area contributed by atoms with Gasteiger partial charge in [-0.25, -0.2) is 0 Å². The van der Waals surface area contributed by atoms with Crippen molar-refractivity contribution in [2.45, 2.75) is 39.0 Å². The minimum atomic E-state index is -2.84. The second-order valence-electron chi connectivity index (χ2n) is 5.14. The number of alkyl halides is 2. The minimum Gasteiger partial charge on any atom is -0.433 e. The monoisotopic (exact) mass is 257 g/mol. The highest BCUT2D eigenvalue weighted by Gasteiger charge is 2.47. The van der Waals surface area contributed by atoms with Crippen molar-refractivity contribution in [3.63, 3.8) is 0 Å². The van der Waals surface area contributed by atoms with Crippen molar-refractivity contribution in [1.82, 2.24) is 0 Å². The zero-order valence-electron chi connectivity index (χ0n) is 10.4. The largest absolute Gasteiger partial charge is 0.433 e. The fourth-order valence-corrected chi connectivity index (χ4v) is 2.12. The fourth-order valence-electron chi connectivity index (χ4n) is 2.12. The third-order valence-electron chi connectivity index (χ3n) is 3.65. The van der Waals surface area contributed by atoms with Crippen LogP contribution in [0, 0.1) is 5.41 Å². The number of para-hydroxylation sites is 2. The molecule has 3 nitrogen and oxygen atoms in total. The molecule has 1 aromatic rings. The summed E-state index contributed by atoms with van der Waals surface area (Å²) in [5, 5.41) is 12.8. The molecule has 100 valence electrons. The summed E-state index contributed by atoms with van der Waals surface area (Å²) in [5.74, 6) is 0.129. The molecule has 0 heterocycles. The maximum atomic E-state index is 12.3. The van der Waals surface area contributed by atoms with Crippen LogP contribution >= 0.6 is 0 Å². The standard InChI is InChI=1S/C13H17F2NO2/c1-13(2)10(7-11(13)17)16-8-5-3-4-6-9(8)18-12(14)15/h3-6,10-12,16-17H,7H2,1-2H3. The SMILES string of the molecule is CC1(C)C(O)CC1Nc1ccccc1OC(F)F. The predicted octanol–water partition coefficient (Wildman–Crippen LogP) is 2.86. The lowest BCUT2D eigenvalue weighted by atomic mass is 9.64. The van der Waals surface area contributed by atoms with Gasteiger partial charge in [0, 0.05) is 11.5 Å². The van der Waals surface area contributed by atoms with Crippen molar-refractivity contribution in [3.05, 3.63) is 24.3 Å². The molecule has 18 heavy (non-hydrogen) atoms. The molecule has 0 amide bonds. The van der Waals surface area contributed by atoms with Crippen LogP contribution in [-0.2, 0) is 0 Å². The van der Waals surface area contributed by atoms with Crippen molar-refractivity contribution < 1.29 is 18.6 Å². The van der Waals surface area contributed by atoms with E-state index in [0.29, 0.717) is 12.1 Å². The Hall–Kier alpha value is -1.36. The molecule has 1 fully saturated rings. The maximum Gasteiger partial charge on any atom is 0.387 e. The number of rotatable bonds is 4. The lowest BCUT2D eigenvalue weighted by Gasteiger charge is -2.49. The summed E-state index contributed by atoms with van der Waals surface area (Å²) in [4.78, 5) is 0. The van der Waals surface area contributed by atoms with Crippen LogP contribution in [0.1, 0.15) is 20.3 Å². The first-order valence-corrected chi connectivity index (χ1v) is 5.89. The van der Waals surface area contributed by atoms with E-state index in [2.05, 4.69) is 10.1 Å². The maximum absolute atomic E-state index is 12.3. The molecule has 0 aromatic heterocycles. The summed E-state index contributed by atoms with van der Waals surface area (Å²) in [5.41, 5.74) is 0.264. The molecule has 1 saturated carbocycles. The highest BCUT2D eigenvalue weighted by Crippen LogP contribution is 2.43. The van der Waals surface area contributed by atoms with Crippen LogP contribution < -0.4 is 10.1 Å². The van der Waals surface area contributed by atoms with E-state index < -0.39 is 6.61 Å². The number of hydrogen-bond donors (Lipinski definition) is 2. The number of aliphatic hydroxyl groups is 1. The van der Waals surface area contributed by atoms with Crippen molar-refractivity contribution in [1.29, 1.82) is 0 Å². The Bertz CT molecular complexity index is 423. The van der Waals surface area contributed by atoms with Gasteiger partial charge in [-0.05, 0) is 18.6 Å². The normalized spacial score (nSPS) is 25.7. The molecule has 0 saturated heterocycles. The number of anilines is 1. The van der Waals surface area contributed by atoms with Crippen LogP contribution in [0.4, 0.5) is 14.5 Å². The van der Waals surface area contributed by atoms with E-state index in [1.165, 1.54) is 6.07 Å². The second-order valence-corrected chi connectivity index (χ2v) is 5.14. The summed E-state index contributed by atoms with van der Waals surface area (Å²) >= 11 is 0. The molecule has 1 aromatic carbocycles. The Morgan fingerprint density at radius 2 is 2.06 bits per heavy atom. The average Bonchev–Trinajstić information content (AvgIpc) is 2.30. The highest BCUT2D eigenvalue weighted by molar-refractivity contribution is 5.57. The Morgan fingerprint density at radius 1 is 1.39 bits per heavy atom. The molecule has 1 aliphatic rings. The number of benzene rings is 1. The highest BCUT2D eigenvalue weighted by atomic mass is 19.3. The third kappa shape index (κ3) is 2.41. The van der Waals surface area contributed by atoms with Crippen molar-refractivity contribution in [2.24, 2.45) is 5.41 Å². The summed E-state index contributed by atoms with van der Waals surface area (Å²) in [6.07, 6.45) is 0.244. The van der Waals surface area contributed by atoms with Gasteiger partial charge in [-0.15, -0.1) is 0 Å².